The van der Waals surface area contributed by atoms with Crippen LogP contribution in [-0.4, -0.2) is 11.2 Å². The third-order valence-electron chi connectivity index (χ3n) is 3.31. The van der Waals surface area contributed by atoms with Gasteiger partial charge < -0.3 is 5.11 Å². The molecule has 1 unspecified atom stereocenters. The van der Waals surface area contributed by atoms with Gasteiger partial charge in [0.1, 0.15) is 0 Å². The third kappa shape index (κ3) is 1.96. The van der Waals surface area contributed by atoms with E-state index in [1.54, 1.807) is 0 Å². The molecule has 0 heterocycles. The van der Waals surface area contributed by atoms with E-state index in [0.29, 0.717) is 0 Å². The molecule has 0 fully saturated rings. The third-order valence-corrected chi connectivity index (χ3v) is 3.31. The van der Waals surface area contributed by atoms with Gasteiger partial charge in [0.15, 0.2) is 0 Å². The van der Waals surface area contributed by atoms with Crippen molar-refractivity contribution in [2.24, 2.45) is 0 Å². The van der Waals surface area contributed by atoms with Crippen molar-refractivity contribution in [1.29, 1.82) is 0 Å². The lowest BCUT2D eigenvalue weighted by Gasteiger charge is -2.19. The van der Waals surface area contributed by atoms with Crippen LogP contribution in [0.2, 0.25) is 0 Å². The van der Waals surface area contributed by atoms with E-state index in [1.165, 1.54) is 16.3 Å². The minimum absolute atomic E-state index is 0.191. The molecule has 0 aliphatic rings. The molecule has 0 bridgehead atoms. The maximum absolute atomic E-state index is 9.94. The molecule has 0 spiro atoms. The summed E-state index contributed by atoms with van der Waals surface area (Å²) >= 11 is 0. The van der Waals surface area contributed by atoms with E-state index in [4.69, 9.17) is 0 Å². The van der Waals surface area contributed by atoms with Crippen molar-refractivity contribution in [2.75, 3.05) is 0 Å². The summed E-state index contributed by atoms with van der Waals surface area (Å²) in [7, 11) is 0. The van der Waals surface area contributed by atoms with Gasteiger partial charge in [-0.05, 0) is 22.8 Å². The predicted molar refractivity (Wildman–Crippen MR) is 68.7 cm³/mol. The Balaban J connectivity index is 2.52. The lowest BCUT2D eigenvalue weighted by molar-refractivity contribution is 0.145. The summed E-state index contributed by atoms with van der Waals surface area (Å²) in [5.74, 6) is 0.191. The number of benzene rings is 2. The Labute approximate surface area is 96.7 Å². The molecule has 0 saturated carbocycles. The number of hydrogen-bond acceptors (Lipinski definition) is 1. The second kappa shape index (κ2) is 4.67. The average molecular weight is 214 g/mol. The van der Waals surface area contributed by atoms with Crippen LogP contribution < -0.4 is 0 Å². The molecular formula is C15H18O. The van der Waals surface area contributed by atoms with Gasteiger partial charge in [0.05, 0.1) is 6.10 Å². The minimum Gasteiger partial charge on any atom is -0.393 e. The van der Waals surface area contributed by atoms with Crippen molar-refractivity contribution in [3.05, 3.63) is 48.0 Å². The summed E-state index contributed by atoms with van der Waals surface area (Å²) < 4.78 is 0. The van der Waals surface area contributed by atoms with Gasteiger partial charge in [-0.1, -0.05) is 56.3 Å². The van der Waals surface area contributed by atoms with Crippen molar-refractivity contribution in [3.8, 4) is 0 Å². The Bertz CT molecular complexity index is 470. The van der Waals surface area contributed by atoms with Crippen LogP contribution in [0, 0.1) is 0 Å². The molecule has 16 heavy (non-hydrogen) atoms. The van der Waals surface area contributed by atoms with Crippen molar-refractivity contribution >= 4 is 10.8 Å². The lowest BCUT2D eigenvalue weighted by Crippen LogP contribution is -2.14. The Morgan fingerprint density at radius 1 is 1.06 bits per heavy atom. The van der Waals surface area contributed by atoms with Crippen LogP contribution in [0.4, 0.5) is 0 Å². The number of aliphatic hydroxyl groups excluding tert-OH is 1. The SMILES string of the molecule is CCC(O)[C@@H](C)c1cccc2ccccc12. The molecule has 0 aromatic heterocycles. The summed E-state index contributed by atoms with van der Waals surface area (Å²) in [4.78, 5) is 0. The number of rotatable bonds is 3. The summed E-state index contributed by atoms with van der Waals surface area (Å²) in [6.07, 6.45) is 0.538. The lowest BCUT2D eigenvalue weighted by atomic mass is 9.90. The normalized spacial score (nSPS) is 14.9. The van der Waals surface area contributed by atoms with Gasteiger partial charge >= 0.3 is 0 Å². The van der Waals surface area contributed by atoms with Crippen LogP contribution in [0.15, 0.2) is 42.5 Å². The first kappa shape index (κ1) is 11.2. The molecule has 2 rings (SSSR count). The highest BCUT2D eigenvalue weighted by atomic mass is 16.3. The molecule has 0 saturated heterocycles. The van der Waals surface area contributed by atoms with Gasteiger partial charge in [-0.3, -0.25) is 0 Å². The second-order valence-electron chi connectivity index (χ2n) is 4.33. The fourth-order valence-electron chi connectivity index (χ4n) is 2.21. The Kier molecular flexibility index (Phi) is 3.25. The Morgan fingerprint density at radius 2 is 1.75 bits per heavy atom. The molecule has 84 valence electrons. The van der Waals surface area contributed by atoms with Gasteiger partial charge in [-0.15, -0.1) is 0 Å². The zero-order valence-corrected chi connectivity index (χ0v) is 9.85. The molecule has 1 nitrogen and oxygen atoms in total. The molecule has 1 N–H and O–H groups in total. The van der Waals surface area contributed by atoms with E-state index < -0.39 is 0 Å². The van der Waals surface area contributed by atoms with Gasteiger partial charge in [-0.2, -0.15) is 0 Å². The Morgan fingerprint density at radius 3 is 2.50 bits per heavy atom. The quantitative estimate of drug-likeness (QED) is 0.825. The van der Waals surface area contributed by atoms with E-state index in [1.807, 2.05) is 13.0 Å². The van der Waals surface area contributed by atoms with Gasteiger partial charge in [0, 0.05) is 5.92 Å². The monoisotopic (exact) mass is 214 g/mol. The standard InChI is InChI=1S/C15H18O/c1-3-15(16)11(2)13-10-6-8-12-7-4-5-9-14(12)13/h4-11,15-16H,3H2,1-2H3/t11-,15?/m0/s1. The zero-order chi connectivity index (χ0) is 11.5. The van der Waals surface area contributed by atoms with E-state index in [9.17, 15) is 5.11 Å². The van der Waals surface area contributed by atoms with Crippen molar-refractivity contribution in [1.82, 2.24) is 0 Å². The van der Waals surface area contributed by atoms with Crippen LogP contribution >= 0.6 is 0 Å². The number of fused-ring (bicyclic) bond motifs is 1. The van der Waals surface area contributed by atoms with Gasteiger partial charge in [0.2, 0.25) is 0 Å². The first-order chi connectivity index (χ1) is 7.74. The minimum atomic E-state index is -0.259. The molecule has 2 atom stereocenters. The highest BCUT2D eigenvalue weighted by molar-refractivity contribution is 5.86. The summed E-state index contributed by atoms with van der Waals surface area (Å²) in [5, 5.41) is 12.4. The van der Waals surface area contributed by atoms with Crippen molar-refractivity contribution in [3.63, 3.8) is 0 Å². The van der Waals surface area contributed by atoms with E-state index in [2.05, 4.69) is 43.3 Å². The summed E-state index contributed by atoms with van der Waals surface area (Å²) in [6, 6.07) is 14.6. The van der Waals surface area contributed by atoms with Gasteiger partial charge in [-0.25, -0.2) is 0 Å². The molecule has 0 amide bonds. The van der Waals surface area contributed by atoms with E-state index in [0.717, 1.165) is 6.42 Å². The van der Waals surface area contributed by atoms with E-state index in [-0.39, 0.29) is 12.0 Å². The maximum Gasteiger partial charge on any atom is 0.0603 e. The second-order valence-corrected chi connectivity index (χ2v) is 4.33. The predicted octanol–water partition coefficient (Wildman–Crippen LogP) is 3.71. The van der Waals surface area contributed by atoms with Gasteiger partial charge in [0.25, 0.3) is 0 Å². The fraction of sp³-hybridized carbons (Fsp3) is 0.333. The van der Waals surface area contributed by atoms with Crippen LogP contribution in [0.25, 0.3) is 10.8 Å². The summed E-state index contributed by atoms with van der Waals surface area (Å²) in [6.45, 7) is 4.11. The van der Waals surface area contributed by atoms with Crippen LogP contribution in [-0.2, 0) is 0 Å². The highest BCUT2D eigenvalue weighted by Gasteiger charge is 2.16. The molecule has 2 aromatic rings. The van der Waals surface area contributed by atoms with Crippen LogP contribution in [0.5, 0.6) is 0 Å². The molecule has 0 radical (unpaired) electrons. The van der Waals surface area contributed by atoms with Crippen LogP contribution in [0.1, 0.15) is 31.7 Å². The molecule has 2 aromatic carbocycles. The van der Waals surface area contributed by atoms with Crippen molar-refractivity contribution < 1.29 is 5.11 Å². The molecule has 0 aliphatic carbocycles. The van der Waals surface area contributed by atoms with E-state index >= 15 is 0 Å². The largest absolute Gasteiger partial charge is 0.393 e. The van der Waals surface area contributed by atoms with Crippen LogP contribution in [0.3, 0.4) is 0 Å². The molecule has 1 heteroatoms. The zero-order valence-electron chi connectivity index (χ0n) is 9.85. The number of hydrogen-bond donors (Lipinski definition) is 1. The summed E-state index contributed by atoms with van der Waals surface area (Å²) in [5.41, 5.74) is 1.24. The molecular weight excluding hydrogens is 196 g/mol. The first-order valence-corrected chi connectivity index (χ1v) is 5.89. The van der Waals surface area contributed by atoms with Crippen molar-refractivity contribution in [2.45, 2.75) is 32.3 Å². The molecule has 0 aliphatic heterocycles. The number of aliphatic hydroxyl groups is 1. The highest BCUT2D eigenvalue weighted by Crippen LogP contribution is 2.28. The average Bonchev–Trinajstić information content (AvgIpc) is 2.36. The fourth-order valence-corrected chi connectivity index (χ4v) is 2.21. The maximum atomic E-state index is 9.94. The first-order valence-electron chi connectivity index (χ1n) is 5.89. The smallest absolute Gasteiger partial charge is 0.0603 e. The topological polar surface area (TPSA) is 20.2 Å². The Hall–Kier alpha value is -1.34.